The highest BCUT2D eigenvalue weighted by atomic mass is 32.1. The standard InChI is InChI=1S/C18H18N2O5S/c1-11(21)13-5-3-6-14(9-13)20-17(23)12(2)25-16(22)10-19-18(24)15-7-4-8-26-15/h3-9,12H,10H2,1-2H3,(H,19,24)(H,20,23)/t12-/m1/s1. The number of benzene rings is 1. The van der Waals surface area contributed by atoms with E-state index in [4.69, 9.17) is 4.74 Å². The fourth-order valence-electron chi connectivity index (χ4n) is 2.00. The third kappa shape index (κ3) is 5.52. The van der Waals surface area contributed by atoms with Gasteiger partial charge in [0, 0.05) is 11.3 Å². The number of nitrogens with one attached hydrogen (secondary N) is 2. The molecule has 1 aromatic carbocycles. The van der Waals surface area contributed by atoms with Gasteiger partial charge < -0.3 is 15.4 Å². The molecule has 0 aliphatic carbocycles. The molecule has 8 heteroatoms. The van der Waals surface area contributed by atoms with Crippen molar-refractivity contribution in [2.75, 3.05) is 11.9 Å². The molecule has 2 aromatic rings. The number of carbonyl (C=O) groups is 4. The van der Waals surface area contributed by atoms with Crippen molar-refractivity contribution in [3.8, 4) is 0 Å². The molecule has 0 aliphatic rings. The van der Waals surface area contributed by atoms with Crippen LogP contribution in [-0.2, 0) is 14.3 Å². The zero-order valence-corrected chi connectivity index (χ0v) is 15.1. The lowest BCUT2D eigenvalue weighted by molar-refractivity contribution is -0.152. The van der Waals surface area contributed by atoms with E-state index in [-0.39, 0.29) is 18.2 Å². The third-order valence-electron chi connectivity index (χ3n) is 3.35. The van der Waals surface area contributed by atoms with E-state index in [0.717, 1.165) is 0 Å². The van der Waals surface area contributed by atoms with Crippen molar-refractivity contribution in [1.29, 1.82) is 0 Å². The zero-order valence-electron chi connectivity index (χ0n) is 14.3. The Labute approximate surface area is 154 Å². The van der Waals surface area contributed by atoms with Crippen molar-refractivity contribution in [3.63, 3.8) is 0 Å². The number of hydrogen-bond acceptors (Lipinski definition) is 6. The smallest absolute Gasteiger partial charge is 0.326 e. The Balaban J connectivity index is 1.82. The van der Waals surface area contributed by atoms with Gasteiger partial charge in [0.1, 0.15) is 6.54 Å². The number of rotatable bonds is 7. The fourth-order valence-corrected chi connectivity index (χ4v) is 2.64. The van der Waals surface area contributed by atoms with E-state index >= 15 is 0 Å². The average Bonchev–Trinajstić information content (AvgIpc) is 3.14. The van der Waals surface area contributed by atoms with Crippen molar-refractivity contribution >= 4 is 40.6 Å². The van der Waals surface area contributed by atoms with Gasteiger partial charge in [0.2, 0.25) is 0 Å². The van der Waals surface area contributed by atoms with Crippen molar-refractivity contribution in [2.45, 2.75) is 20.0 Å². The molecule has 2 rings (SSSR count). The molecule has 0 radical (unpaired) electrons. The van der Waals surface area contributed by atoms with Crippen molar-refractivity contribution < 1.29 is 23.9 Å². The quantitative estimate of drug-likeness (QED) is 0.572. The van der Waals surface area contributed by atoms with Gasteiger partial charge in [-0.3, -0.25) is 19.2 Å². The highest BCUT2D eigenvalue weighted by molar-refractivity contribution is 7.12. The Bertz CT molecular complexity index is 817. The van der Waals surface area contributed by atoms with Crippen LogP contribution in [0.15, 0.2) is 41.8 Å². The Morgan fingerprint density at radius 1 is 1.15 bits per heavy atom. The minimum atomic E-state index is -1.05. The molecule has 26 heavy (non-hydrogen) atoms. The molecule has 2 N–H and O–H groups in total. The zero-order chi connectivity index (χ0) is 19.1. The molecule has 0 aliphatic heterocycles. The van der Waals surface area contributed by atoms with Crippen LogP contribution in [0.5, 0.6) is 0 Å². The number of esters is 1. The lowest BCUT2D eigenvalue weighted by Gasteiger charge is -2.14. The van der Waals surface area contributed by atoms with Gasteiger partial charge >= 0.3 is 5.97 Å². The van der Waals surface area contributed by atoms with Gasteiger partial charge in [-0.15, -0.1) is 11.3 Å². The monoisotopic (exact) mass is 374 g/mol. The second kappa shape index (κ2) is 8.91. The molecule has 0 spiro atoms. The van der Waals surface area contributed by atoms with Crippen LogP contribution in [0.4, 0.5) is 5.69 Å². The summed E-state index contributed by atoms with van der Waals surface area (Å²) < 4.78 is 5.00. The van der Waals surface area contributed by atoms with Crippen LogP contribution in [0.1, 0.15) is 33.9 Å². The number of amides is 2. The summed E-state index contributed by atoms with van der Waals surface area (Å²) in [6, 6.07) is 9.80. The number of carbonyl (C=O) groups excluding carboxylic acids is 4. The molecule has 2 amide bonds. The predicted octanol–water partition coefficient (Wildman–Crippen LogP) is 2.25. The first-order valence-electron chi connectivity index (χ1n) is 7.80. The van der Waals surface area contributed by atoms with E-state index < -0.39 is 18.0 Å². The van der Waals surface area contributed by atoms with Crippen LogP contribution in [-0.4, -0.2) is 36.2 Å². The maximum Gasteiger partial charge on any atom is 0.326 e. The van der Waals surface area contributed by atoms with E-state index in [9.17, 15) is 19.2 Å². The van der Waals surface area contributed by atoms with E-state index in [2.05, 4.69) is 10.6 Å². The first kappa shape index (κ1) is 19.3. The number of thiophene rings is 1. The van der Waals surface area contributed by atoms with Gasteiger partial charge in [-0.05, 0) is 37.4 Å². The van der Waals surface area contributed by atoms with E-state index in [1.54, 1.807) is 35.7 Å². The molecule has 7 nitrogen and oxygen atoms in total. The molecule has 0 saturated heterocycles. The topological polar surface area (TPSA) is 102 Å². The van der Waals surface area contributed by atoms with Crippen LogP contribution in [0.2, 0.25) is 0 Å². The van der Waals surface area contributed by atoms with Crippen LogP contribution in [0, 0.1) is 0 Å². The summed E-state index contributed by atoms with van der Waals surface area (Å²) >= 11 is 1.25. The number of Topliss-reactive ketones (excluding diaryl/α,β-unsaturated/α-hetero) is 1. The van der Waals surface area contributed by atoms with E-state index in [1.807, 2.05) is 0 Å². The van der Waals surface area contributed by atoms with Crippen molar-refractivity contribution in [2.24, 2.45) is 0 Å². The van der Waals surface area contributed by atoms with Crippen LogP contribution >= 0.6 is 11.3 Å². The van der Waals surface area contributed by atoms with Crippen molar-refractivity contribution in [3.05, 3.63) is 52.2 Å². The minimum Gasteiger partial charge on any atom is -0.451 e. The lowest BCUT2D eigenvalue weighted by Crippen LogP contribution is -2.35. The summed E-state index contributed by atoms with van der Waals surface area (Å²) in [6.45, 7) is 2.51. The van der Waals surface area contributed by atoms with Gasteiger partial charge in [-0.1, -0.05) is 18.2 Å². The minimum absolute atomic E-state index is 0.123. The van der Waals surface area contributed by atoms with Gasteiger partial charge in [-0.25, -0.2) is 0 Å². The first-order chi connectivity index (χ1) is 12.4. The molecular formula is C18H18N2O5S. The summed E-state index contributed by atoms with van der Waals surface area (Å²) in [7, 11) is 0. The molecule has 1 heterocycles. The van der Waals surface area contributed by atoms with Crippen LogP contribution in [0.25, 0.3) is 0 Å². The lowest BCUT2D eigenvalue weighted by atomic mass is 10.1. The molecule has 0 saturated carbocycles. The Hall–Kier alpha value is -3.00. The number of ether oxygens (including phenoxy) is 1. The van der Waals surface area contributed by atoms with E-state index in [0.29, 0.717) is 16.1 Å². The molecule has 0 fully saturated rings. The van der Waals surface area contributed by atoms with Gasteiger partial charge in [0.05, 0.1) is 4.88 Å². The highest BCUT2D eigenvalue weighted by Gasteiger charge is 2.19. The largest absolute Gasteiger partial charge is 0.451 e. The molecule has 0 unspecified atom stereocenters. The number of anilines is 1. The van der Waals surface area contributed by atoms with Crippen LogP contribution in [0.3, 0.4) is 0 Å². The molecule has 0 bridgehead atoms. The Morgan fingerprint density at radius 2 is 1.92 bits per heavy atom. The molecule has 1 atom stereocenters. The van der Waals surface area contributed by atoms with Gasteiger partial charge in [0.15, 0.2) is 11.9 Å². The molecular weight excluding hydrogens is 356 g/mol. The average molecular weight is 374 g/mol. The summed E-state index contributed by atoms with van der Waals surface area (Å²) in [4.78, 5) is 47.4. The third-order valence-corrected chi connectivity index (χ3v) is 4.22. The van der Waals surface area contributed by atoms with Gasteiger partial charge in [-0.2, -0.15) is 0 Å². The Morgan fingerprint density at radius 3 is 2.58 bits per heavy atom. The maximum absolute atomic E-state index is 12.1. The normalized spacial score (nSPS) is 11.3. The number of ketones is 1. The summed E-state index contributed by atoms with van der Waals surface area (Å²) in [6.07, 6.45) is -1.05. The van der Waals surface area contributed by atoms with Crippen molar-refractivity contribution in [1.82, 2.24) is 5.32 Å². The highest BCUT2D eigenvalue weighted by Crippen LogP contribution is 2.12. The maximum atomic E-state index is 12.1. The summed E-state index contributed by atoms with van der Waals surface area (Å²) in [5.74, 6) is -1.77. The first-order valence-corrected chi connectivity index (χ1v) is 8.68. The fraction of sp³-hybridized carbons (Fsp3) is 0.222. The Kier molecular flexibility index (Phi) is 6.62. The van der Waals surface area contributed by atoms with Crippen LogP contribution < -0.4 is 10.6 Å². The SMILES string of the molecule is CC(=O)c1cccc(NC(=O)[C@@H](C)OC(=O)CNC(=O)c2cccs2)c1. The molecule has 136 valence electrons. The summed E-state index contributed by atoms with van der Waals surface area (Å²) in [5, 5.41) is 6.75. The number of hydrogen-bond donors (Lipinski definition) is 2. The second-order valence-corrected chi connectivity index (χ2v) is 6.37. The van der Waals surface area contributed by atoms with E-state index in [1.165, 1.54) is 31.3 Å². The predicted molar refractivity (Wildman–Crippen MR) is 97.3 cm³/mol. The summed E-state index contributed by atoms with van der Waals surface area (Å²) in [5.41, 5.74) is 0.889. The molecule has 1 aromatic heterocycles. The second-order valence-electron chi connectivity index (χ2n) is 5.42. The van der Waals surface area contributed by atoms with Gasteiger partial charge in [0.25, 0.3) is 11.8 Å².